The van der Waals surface area contributed by atoms with Crippen LogP contribution in [-0.2, 0) is 0 Å². The molecule has 1 aromatic rings. The quantitative estimate of drug-likeness (QED) is 0.653. The van der Waals surface area contributed by atoms with Gasteiger partial charge in [0.05, 0.1) is 12.4 Å². The normalized spacial score (nSPS) is 22.6. The Bertz CT molecular complexity index is 877. The maximum absolute atomic E-state index is 12.3. The molecule has 29 heavy (non-hydrogen) atoms. The van der Waals surface area contributed by atoms with Crippen molar-refractivity contribution in [1.29, 1.82) is 0 Å². The lowest BCUT2D eigenvalue weighted by molar-refractivity contribution is 0.183. The van der Waals surface area contributed by atoms with E-state index < -0.39 is 0 Å². The van der Waals surface area contributed by atoms with Crippen LogP contribution < -0.4 is 4.74 Å². The minimum atomic E-state index is -0.277. The number of hydrogen-bond donors (Lipinski definition) is 1. The minimum absolute atomic E-state index is 0.0491. The van der Waals surface area contributed by atoms with E-state index in [4.69, 9.17) is 4.74 Å². The van der Waals surface area contributed by atoms with Crippen molar-refractivity contribution in [2.24, 2.45) is 0 Å². The second kappa shape index (κ2) is 9.22. The highest BCUT2D eigenvalue weighted by molar-refractivity contribution is 9.12. The SMILES string of the molecule is OC1=CC2=C(CC1)C(c1cnc(OC3CCN(CCCF)C3)nc1)=C(Br)C=CC2. The first-order valence-corrected chi connectivity index (χ1v) is 10.9. The van der Waals surface area contributed by atoms with Crippen LogP contribution in [0.1, 0.15) is 37.7 Å². The van der Waals surface area contributed by atoms with E-state index in [-0.39, 0.29) is 12.8 Å². The van der Waals surface area contributed by atoms with Gasteiger partial charge in [0, 0.05) is 54.1 Å². The molecule has 0 bridgehead atoms. The number of allylic oxidation sites excluding steroid dienone is 8. The van der Waals surface area contributed by atoms with Gasteiger partial charge in [-0.05, 0) is 42.9 Å². The summed E-state index contributed by atoms with van der Waals surface area (Å²) in [5.74, 6) is 0.437. The molecule has 1 aliphatic heterocycles. The summed E-state index contributed by atoms with van der Waals surface area (Å²) < 4.78 is 19.3. The molecule has 7 heteroatoms. The zero-order valence-electron chi connectivity index (χ0n) is 16.3. The molecule has 1 saturated heterocycles. The number of nitrogens with zero attached hydrogens (tertiary/aromatic N) is 3. The predicted molar refractivity (Wildman–Crippen MR) is 115 cm³/mol. The van der Waals surface area contributed by atoms with Gasteiger partial charge in [0.25, 0.3) is 0 Å². The molecule has 0 spiro atoms. The summed E-state index contributed by atoms with van der Waals surface area (Å²) in [6.07, 6.45) is 13.4. The maximum Gasteiger partial charge on any atom is 0.316 e. The van der Waals surface area contributed by atoms with E-state index in [1.165, 1.54) is 5.57 Å². The molecule has 154 valence electrons. The van der Waals surface area contributed by atoms with Crippen LogP contribution in [0.3, 0.4) is 0 Å². The summed E-state index contributed by atoms with van der Waals surface area (Å²) in [5, 5.41) is 9.91. The van der Waals surface area contributed by atoms with E-state index in [0.717, 1.165) is 60.1 Å². The van der Waals surface area contributed by atoms with Crippen LogP contribution in [0, 0.1) is 0 Å². The molecular weight excluding hydrogens is 437 g/mol. The molecule has 1 aromatic heterocycles. The molecule has 1 fully saturated rings. The molecule has 0 saturated carbocycles. The van der Waals surface area contributed by atoms with Gasteiger partial charge in [0.2, 0.25) is 0 Å². The van der Waals surface area contributed by atoms with Crippen molar-refractivity contribution in [3.8, 4) is 6.01 Å². The van der Waals surface area contributed by atoms with E-state index in [2.05, 4.69) is 36.9 Å². The van der Waals surface area contributed by atoms with Gasteiger partial charge in [0.15, 0.2) is 0 Å². The Labute approximate surface area is 178 Å². The van der Waals surface area contributed by atoms with E-state index in [0.29, 0.717) is 24.6 Å². The van der Waals surface area contributed by atoms with Gasteiger partial charge < -0.3 is 9.84 Å². The fraction of sp³-hybridized carbons (Fsp3) is 0.455. The number of likely N-dealkylation sites (tertiary alicyclic amines) is 1. The molecule has 2 aliphatic carbocycles. The monoisotopic (exact) mass is 461 g/mol. The Kier molecular flexibility index (Phi) is 6.45. The third kappa shape index (κ3) is 4.78. The van der Waals surface area contributed by atoms with Gasteiger partial charge in [-0.2, -0.15) is 0 Å². The number of alkyl halides is 1. The fourth-order valence-corrected chi connectivity index (χ4v) is 4.76. The number of aliphatic hydroxyl groups is 1. The summed E-state index contributed by atoms with van der Waals surface area (Å²) in [4.78, 5) is 11.1. The average molecular weight is 462 g/mol. The highest BCUT2D eigenvalue weighted by Crippen LogP contribution is 2.40. The Morgan fingerprint density at radius 1 is 1.28 bits per heavy atom. The summed E-state index contributed by atoms with van der Waals surface area (Å²) >= 11 is 3.69. The number of halogens is 2. The minimum Gasteiger partial charge on any atom is -0.512 e. The number of aliphatic hydroxyl groups excluding tert-OH is 1. The van der Waals surface area contributed by atoms with Crippen LogP contribution in [0.15, 0.2) is 52.0 Å². The summed E-state index contributed by atoms with van der Waals surface area (Å²) in [6, 6.07) is 0.377. The van der Waals surface area contributed by atoms with Gasteiger partial charge in [-0.15, -0.1) is 0 Å². The maximum atomic E-state index is 12.3. The third-order valence-corrected chi connectivity index (χ3v) is 6.19. The largest absolute Gasteiger partial charge is 0.512 e. The highest BCUT2D eigenvalue weighted by atomic mass is 79.9. The van der Waals surface area contributed by atoms with Crippen LogP contribution in [0.2, 0.25) is 0 Å². The fourth-order valence-electron chi connectivity index (χ4n) is 4.11. The van der Waals surface area contributed by atoms with Crippen molar-refractivity contribution < 1.29 is 14.2 Å². The van der Waals surface area contributed by atoms with Gasteiger partial charge in [-0.25, -0.2) is 9.97 Å². The van der Waals surface area contributed by atoms with Crippen molar-refractivity contribution >= 4 is 21.5 Å². The molecule has 0 amide bonds. The molecule has 5 nitrogen and oxygen atoms in total. The second-order valence-electron chi connectivity index (χ2n) is 7.59. The molecule has 0 radical (unpaired) electrons. The molecule has 1 N–H and O–H groups in total. The highest BCUT2D eigenvalue weighted by Gasteiger charge is 2.25. The lowest BCUT2D eigenvalue weighted by atomic mass is 9.87. The lowest BCUT2D eigenvalue weighted by Gasteiger charge is -2.20. The zero-order chi connectivity index (χ0) is 20.2. The lowest BCUT2D eigenvalue weighted by Crippen LogP contribution is -2.26. The number of ether oxygens (including phenoxy) is 1. The van der Waals surface area contributed by atoms with E-state index in [1.807, 2.05) is 12.2 Å². The van der Waals surface area contributed by atoms with Crippen molar-refractivity contribution in [2.75, 3.05) is 26.3 Å². The van der Waals surface area contributed by atoms with Gasteiger partial charge >= 0.3 is 6.01 Å². The molecule has 4 rings (SSSR count). The van der Waals surface area contributed by atoms with E-state index >= 15 is 0 Å². The molecule has 1 atom stereocenters. The molecule has 0 aromatic carbocycles. The van der Waals surface area contributed by atoms with Gasteiger partial charge in [0.1, 0.15) is 6.10 Å². The number of hydrogen-bond acceptors (Lipinski definition) is 5. The smallest absolute Gasteiger partial charge is 0.316 e. The van der Waals surface area contributed by atoms with Crippen molar-refractivity contribution in [2.45, 2.75) is 38.2 Å². The van der Waals surface area contributed by atoms with Crippen molar-refractivity contribution in [1.82, 2.24) is 14.9 Å². The first-order chi connectivity index (χ1) is 14.1. The first-order valence-electron chi connectivity index (χ1n) is 10.1. The van der Waals surface area contributed by atoms with Crippen LogP contribution in [-0.4, -0.2) is 52.4 Å². The predicted octanol–water partition coefficient (Wildman–Crippen LogP) is 4.89. The van der Waals surface area contributed by atoms with Crippen molar-refractivity contribution in [3.63, 3.8) is 0 Å². The standard InChI is InChI=1S/C22H25BrFN3O2/c23-20-4-1-3-15-11-17(28)5-6-19(15)21(20)16-12-25-22(26-13-16)29-18-7-10-27(14-18)9-2-8-24/h1,4,11-13,18,28H,2-3,5-10,14H2. The van der Waals surface area contributed by atoms with Crippen LogP contribution in [0.25, 0.3) is 5.57 Å². The molecule has 3 aliphatic rings. The Morgan fingerprint density at radius 2 is 2.10 bits per heavy atom. The van der Waals surface area contributed by atoms with Crippen molar-refractivity contribution in [3.05, 3.63) is 57.6 Å². The molecule has 2 heterocycles. The van der Waals surface area contributed by atoms with Gasteiger partial charge in [-0.3, -0.25) is 9.29 Å². The zero-order valence-corrected chi connectivity index (χ0v) is 17.9. The van der Waals surface area contributed by atoms with Crippen LogP contribution in [0.5, 0.6) is 6.01 Å². The van der Waals surface area contributed by atoms with Gasteiger partial charge in [-0.1, -0.05) is 28.1 Å². The summed E-state index contributed by atoms with van der Waals surface area (Å²) in [5.41, 5.74) is 4.35. The Balaban J connectivity index is 1.49. The molecular formula is C22H25BrFN3O2. The Hall–Kier alpha value is -1.99. The molecule has 1 unspecified atom stereocenters. The topological polar surface area (TPSA) is 58.5 Å². The Morgan fingerprint density at radius 3 is 2.90 bits per heavy atom. The summed E-state index contributed by atoms with van der Waals surface area (Å²) in [7, 11) is 0. The third-order valence-electron chi connectivity index (χ3n) is 5.53. The van der Waals surface area contributed by atoms with E-state index in [9.17, 15) is 9.50 Å². The average Bonchev–Trinajstić information content (AvgIpc) is 3.09. The van der Waals surface area contributed by atoms with E-state index in [1.54, 1.807) is 12.4 Å². The summed E-state index contributed by atoms with van der Waals surface area (Å²) in [6.45, 7) is 2.21. The second-order valence-corrected chi connectivity index (χ2v) is 8.45. The van der Waals surface area contributed by atoms with Crippen LogP contribution in [0.4, 0.5) is 4.39 Å². The first kappa shape index (κ1) is 20.3. The number of rotatable bonds is 6. The van der Waals surface area contributed by atoms with Crippen LogP contribution >= 0.6 is 15.9 Å². The number of aromatic nitrogens is 2.